The van der Waals surface area contributed by atoms with Crippen molar-refractivity contribution in [3.05, 3.63) is 87.3 Å². The molecular weight excluding hydrogens is 473 g/mol. The number of benzene rings is 2. The van der Waals surface area contributed by atoms with E-state index in [1.807, 2.05) is 0 Å². The summed E-state index contributed by atoms with van der Waals surface area (Å²) in [4.78, 5) is 25.7. The quantitative estimate of drug-likeness (QED) is 0.566. The molecule has 180 valence electrons. The lowest BCUT2D eigenvalue weighted by Gasteiger charge is -2.14. The monoisotopic (exact) mass is 494 g/mol. The normalized spacial score (nSPS) is 11.8. The first kappa shape index (κ1) is 25.0. The van der Waals surface area contributed by atoms with Gasteiger partial charge in [-0.2, -0.15) is 13.2 Å². The lowest BCUT2D eigenvalue weighted by molar-refractivity contribution is -0.137. The molecule has 0 unspecified atom stereocenters. The maximum Gasteiger partial charge on any atom is 0.416 e. The molecule has 0 aliphatic heterocycles. The number of sulfone groups is 1. The van der Waals surface area contributed by atoms with Crippen molar-refractivity contribution in [3.8, 4) is 11.4 Å². The zero-order valence-corrected chi connectivity index (χ0v) is 19.3. The smallest absolute Gasteiger partial charge is 0.416 e. The maximum absolute atomic E-state index is 13.1. The molecule has 0 spiro atoms. The number of aromatic nitrogens is 1. The van der Waals surface area contributed by atoms with E-state index in [-0.39, 0.29) is 28.4 Å². The Morgan fingerprint density at radius 2 is 1.79 bits per heavy atom. The number of nitrogens with zero attached hydrogens (tertiary/aromatic N) is 1. The van der Waals surface area contributed by atoms with Gasteiger partial charge in [0.2, 0.25) is 0 Å². The number of ether oxygens (including phenoxy) is 1. The fourth-order valence-electron chi connectivity index (χ4n) is 3.35. The number of halogens is 3. The molecule has 3 rings (SSSR count). The molecule has 11 heteroatoms. The van der Waals surface area contributed by atoms with Crippen LogP contribution in [-0.2, 0) is 22.6 Å². The van der Waals surface area contributed by atoms with E-state index in [1.165, 1.54) is 49.6 Å². The Labute approximate surface area is 193 Å². The molecule has 1 amide bonds. The molecule has 0 aliphatic rings. The van der Waals surface area contributed by atoms with Gasteiger partial charge in [0.05, 0.1) is 12.7 Å². The van der Waals surface area contributed by atoms with Gasteiger partial charge in [0.15, 0.2) is 9.84 Å². The van der Waals surface area contributed by atoms with Crippen LogP contribution in [0.25, 0.3) is 5.69 Å². The SMILES string of the molecule is COc1cc(CNC(=O)c2ccc(C)n(-c3cccc(C(F)(F)F)c3)c2=O)ccc1S(C)(=O)=O. The van der Waals surface area contributed by atoms with Crippen molar-refractivity contribution in [2.24, 2.45) is 0 Å². The Morgan fingerprint density at radius 1 is 1.09 bits per heavy atom. The fourth-order valence-corrected chi connectivity index (χ4v) is 4.17. The Kier molecular flexibility index (Phi) is 6.87. The summed E-state index contributed by atoms with van der Waals surface area (Å²) in [6.45, 7) is 1.50. The Morgan fingerprint density at radius 3 is 2.41 bits per heavy atom. The third kappa shape index (κ3) is 5.30. The zero-order valence-electron chi connectivity index (χ0n) is 18.4. The van der Waals surface area contributed by atoms with Crippen molar-refractivity contribution < 1.29 is 31.1 Å². The van der Waals surface area contributed by atoms with Crippen LogP contribution < -0.4 is 15.6 Å². The Balaban J connectivity index is 1.90. The number of alkyl halides is 3. The van der Waals surface area contributed by atoms with Gasteiger partial charge in [0, 0.05) is 24.2 Å². The standard InChI is InChI=1S/C23H21F3N2O5S/c1-14-7-9-18(22(30)28(14)17-6-4-5-16(12-17)23(24,25)26)21(29)27-13-15-8-10-20(34(3,31)32)19(11-15)33-2/h4-12H,13H2,1-3H3,(H,27,29). The van der Waals surface area contributed by atoms with Crippen LogP contribution in [0.1, 0.15) is 27.2 Å². The van der Waals surface area contributed by atoms with Crippen molar-refractivity contribution >= 4 is 15.7 Å². The summed E-state index contributed by atoms with van der Waals surface area (Å²) in [6.07, 6.45) is -3.55. The Hall–Kier alpha value is -3.60. The summed E-state index contributed by atoms with van der Waals surface area (Å²) in [6, 6.07) is 11.3. The highest BCUT2D eigenvalue weighted by Gasteiger charge is 2.30. The molecule has 3 aromatic rings. The maximum atomic E-state index is 13.1. The highest BCUT2D eigenvalue weighted by Crippen LogP contribution is 2.30. The summed E-state index contributed by atoms with van der Waals surface area (Å²) < 4.78 is 69.1. The van der Waals surface area contributed by atoms with Gasteiger partial charge in [0.1, 0.15) is 16.2 Å². The first-order valence-electron chi connectivity index (χ1n) is 9.88. The van der Waals surface area contributed by atoms with Crippen molar-refractivity contribution in [3.63, 3.8) is 0 Å². The van der Waals surface area contributed by atoms with Crippen LogP contribution >= 0.6 is 0 Å². The van der Waals surface area contributed by atoms with Gasteiger partial charge in [0.25, 0.3) is 11.5 Å². The van der Waals surface area contributed by atoms with E-state index < -0.39 is 33.0 Å². The number of hydrogen-bond acceptors (Lipinski definition) is 5. The fraction of sp³-hybridized carbons (Fsp3) is 0.217. The number of nitrogens with one attached hydrogen (secondary N) is 1. The van der Waals surface area contributed by atoms with Crippen LogP contribution in [0, 0.1) is 6.92 Å². The van der Waals surface area contributed by atoms with E-state index in [1.54, 1.807) is 6.92 Å². The van der Waals surface area contributed by atoms with Crippen molar-refractivity contribution in [2.45, 2.75) is 24.5 Å². The number of carbonyl (C=O) groups is 1. The number of carbonyl (C=O) groups excluding carboxylic acids is 1. The van der Waals surface area contributed by atoms with E-state index in [2.05, 4.69) is 5.32 Å². The second-order valence-corrected chi connectivity index (χ2v) is 9.50. The molecule has 1 aromatic heterocycles. The number of pyridine rings is 1. The van der Waals surface area contributed by atoms with E-state index in [0.29, 0.717) is 11.3 Å². The van der Waals surface area contributed by atoms with Crippen LogP contribution in [0.3, 0.4) is 0 Å². The van der Waals surface area contributed by atoms with Gasteiger partial charge in [-0.3, -0.25) is 14.2 Å². The van der Waals surface area contributed by atoms with Crippen LogP contribution in [0.4, 0.5) is 13.2 Å². The number of rotatable bonds is 6. The van der Waals surface area contributed by atoms with Crippen LogP contribution in [-0.4, -0.2) is 32.3 Å². The van der Waals surface area contributed by atoms with Gasteiger partial charge >= 0.3 is 6.18 Å². The number of methoxy groups -OCH3 is 1. The molecular formula is C23H21F3N2O5S. The van der Waals surface area contributed by atoms with Crippen LogP contribution in [0.2, 0.25) is 0 Å². The van der Waals surface area contributed by atoms with E-state index in [4.69, 9.17) is 4.74 Å². The number of aryl methyl sites for hydroxylation is 1. The highest BCUT2D eigenvalue weighted by molar-refractivity contribution is 7.90. The van der Waals surface area contributed by atoms with Gasteiger partial charge < -0.3 is 10.1 Å². The van der Waals surface area contributed by atoms with Gasteiger partial charge in [-0.05, 0) is 55.0 Å². The minimum Gasteiger partial charge on any atom is -0.495 e. The molecule has 0 radical (unpaired) electrons. The topological polar surface area (TPSA) is 94.5 Å². The van der Waals surface area contributed by atoms with Crippen LogP contribution in [0.15, 0.2) is 64.3 Å². The largest absolute Gasteiger partial charge is 0.495 e. The minimum atomic E-state index is -4.59. The lowest BCUT2D eigenvalue weighted by Crippen LogP contribution is -2.33. The molecule has 0 saturated carbocycles. The zero-order chi connectivity index (χ0) is 25.3. The molecule has 0 bridgehead atoms. The summed E-state index contributed by atoms with van der Waals surface area (Å²) in [5.74, 6) is -0.631. The third-order valence-electron chi connectivity index (χ3n) is 5.03. The summed E-state index contributed by atoms with van der Waals surface area (Å²) in [7, 11) is -2.20. The van der Waals surface area contributed by atoms with Crippen LogP contribution in [0.5, 0.6) is 5.75 Å². The molecule has 1 N–H and O–H groups in total. The first-order chi connectivity index (χ1) is 15.8. The summed E-state index contributed by atoms with van der Waals surface area (Å²) in [5, 5.41) is 2.56. The third-order valence-corrected chi connectivity index (χ3v) is 6.17. The average Bonchev–Trinajstić information content (AvgIpc) is 2.76. The van der Waals surface area contributed by atoms with Crippen molar-refractivity contribution in [1.29, 1.82) is 0 Å². The van der Waals surface area contributed by atoms with E-state index >= 15 is 0 Å². The minimum absolute atomic E-state index is 0.00687. The van der Waals surface area contributed by atoms with E-state index in [9.17, 15) is 31.2 Å². The molecule has 0 fully saturated rings. The molecule has 0 saturated heterocycles. The van der Waals surface area contributed by atoms with Gasteiger partial charge in [-0.15, -0.1) is 0 Å². The first-order valence-corrected chi connectivity index (χ1v) is 11.8. The van der Waals surface area contributed by atoms with Gasteiger partial charge in [-0.1, -0.05) is 12.1 Å². The predicted molar refractivity (Wildman–Crippen MR) is 119 cm³/mol. The molecule has 0 aliphatic carbocycles. The summed E-state index contributed by atoms with van der Waals surface area (Å²) in [5.41, 5.74) is -1.11. The molecule has 7 nitrogen and oxygen atoms in total. The second-order valence-electron chi connectivity index (χ2n) is 7.52. The molecule has 1 heterocycles. The van der Waals surface area contributed by atoms with Crippen molar-refractivity contribution in [1.82, 2.24) is 9.88 Å². The van der Waals surface area contributed by atoms with E-state index in [0.717, 1.165) is 23.0 Å². The van der Waals surface area contributed by atoms with Crippen molar-refractivity contribution in [2.75, 3.05) is 13.4 Å². The van der Waals surface area contributed by atoms with Gasteiger partial charge in [-0.25, -0.2) is 8.42 Å². The molecule has 2 aromatic carbocycles. The Bertz CT molecular complexity index is 1410. The number of amides is 1. The predicted octanol–water partition coefficient (Wildman–Crippen LogP) is 3.51. The average molecular weight is 494 g/mol. The lowest BCUT2D eigenvalue weighted by atomic mass is 10.1. The summed E-state index contributed by atoms with van der Waals surface area (Å²) >= 11 is 0. The highest BCUT2D eigenvalue weighted by atomic mass is 32.2. The number of hydrogen-bond donors (Lipinski definition) is 1. The molecule has 34 heavy (non-hydrogen) atoms. The second kappa shape index (κ2) is 9.34. The molecule has 0 atom stereocenters.